The number of piperidine rings is 1. The lowest BCUT2D eigenvalue weighted by Gasteiger charge is -2.24. The van der Waals surface area contributed by atoms with E-state index in [4.69, 9.17) is 4.98 Å². The number of nitrogens with one attached hydrogen (secondary N) is 3. The van der Waals surface area contributed by atoms with Crippen LogP contribution in [0, 0.1) is 18.3 Å². The molecule has 1 atom stereocenters. The van der Waals surface area contributed by atoms with E-state index in [-0.39, 0.29) is 0 Å². The van der Waals surface area contributed by atoms with Crippen LogP contribution in [0.2, 0.25) is 0 Å². The van der Waals surface area contributed by atoms with Crippen LogP contribution >= 0.6 is 0 Å². The molecule has 0 amide bonds. The Kier molecular flexibility index (Phi) is 4.08. The SMILES string of the molecule is Cc1nc(-c2c[nH]c3c(C#N)cccc23)cnc1NC1CCCNC1. The molecule has 126 valence electrons. The number of aryl methyl sites for hydroxylation is 1. The molecule has 1 saturated heterocycles. The highest BCUT2D eigenvalue weighted by molar-refractivity contribution is 5.97. The summed E-state index contributed by atoms with van der Waals surface area (Å²) in [7, 11) is 0. The van der Waals surface area contributed by atoms with E-state index in [1.54, 1.807) is 6.20 Å². The molecule has 3 aromatic rings. The van der Waals surface area contributed by atoms with Crippen LogP contribution in [0.4, 0.5) is 5.82 Å². The summed E-state index contributed by atoms with van der Waals surface area (Å²) < 4.78 is 0. The average Bonchev–Trinajstić information content (AvgIpc) is 3.08. The van der Waals surface area contributed by atoms with E-state index in [0.717, 1.165) is 53.2 Å². The van der Waals surface area contributed by atoms with Gasteiger partial charge >= 0.3 is 0 Å². The van der Waals surface area contributed by atoms with Gasteiger partial charge in [0, 0.05) is 29.7 Å². The number of anilines is 1. The number of aromatic amines is 1. The standard InChI is InChI=1S/C19H20N6/c1-12-19(25-14-5-3-7-21-9-14)23-11-17(24-12)16-10-22-18-13(8-20)4-2-6-15(16)18/h2,4,6,10-11,14,21-22H,3,5,7,9H2,1H3,(H,23,25). The first-order valence-electron chi connectivity index (χ1n) is 8.57. The summed E-state index contributed by atoms with van der Waals surface area (Å²) in [6, 6.07) is 8.32. The van der Waals surface area contributed by atoms with Gasteiger partial charge in [-0.2, -0.15) is 5.26 Å². The lowest BCUT2D eigenvalue weighted by atomic mass is 10.1. The van der Waals surface area contributed by atoms with Crippen molar-refractivity contribution in [2.75, 3.05) is 18.4 Å². The molecular formula is C19H20N6. The van der Waals surface area contributed by atoms with Gasteiger partial charge in [-0.05, 0) is 32.4 Å². The molecule has 1 aliphatic heterocycles. The molecule has 3 N–H and O–H groups in total. The van der Waals surface area contributed by atoms with Crippen molar-refractivity contribution in [3.05, 3.63) is 41.9 Å². The van der Waals surface area contributed by atoms with Crippen molar-refractivity contribution in [1.82, 2.24) is 20.3 Å². The van der Waals surface area contributed by atoms with Gasteiger partial charge in [-0.25, -0.2) is 9.97 Å². The smallest absolute Gasteiger partial charge is 0.147 e. The lowest BCUT2D eigenvalue weighted by Crippen LogP contribution is -2.38. The molecule has 0 saturated carbocycles. The van der Waals surface area contributed by atoms with E-state index in [9.17, 15) is 5.26 Å². The normalized spacial score (nSPS) is 17.4. The Morgan fingerprint density at radius 2 is 2.28 bits per heavy atom. The molecule has 1 aromatic carbocycles. The van der Waals surface area contributed by atoms with Crippen molar-refractivity contribution in [3.63, 3.8) is 0 Å². The third kappa shape index (κ3) is 2.94. The van der Waals surface area contributed by atoms with E-state index in [1.165, 1.54) is 6.42 Å². The first kappa shape index (κ1) is 15.6. The van der Waals surface area contributed by atoms with E-state index < -0.39 is 0 Å². The molecule has 0 aliphatic carbocycles. The van der Waals surface area contributed by atoms with Crippen LogP contribution in [0.25, 0.3) is 22.2 Å². The Morgan fingerprint density at radius 3 is 3.04 bits per heavy atom. The first-order valence-corrected chi connectivity index (χ1v) is 8.57. The van der Waals surface area contributed by atoms with Gasteiger partial charge in [0.05, 0.1) is 28.7 Å². The fourth-order valence-electron chi connectivity index (χ4n) is 3.38. The second-order valence-corrected chi connectivity index (χ2v) is 6.42. The minimum atomic E-state index is 0.402. The number of hydrogen-bond acceptors (Lipinski definition) is 5. The molecule has 6 heteroatoms. The van der Waals surface area contributed by atoms with Crippen molar-refractivity contribution in [2.45, 2.75) is 25.8 Å². The number of nitrogens with zero attached hydrogens (tertiary/aromatic N) is 3. The number of nitriles is 1. The van der Waals surface area contributed by atoms with Gasteiger partial charge < -0.3 is 15.6 Å². The Hall–Kier alpha value is -2.91. The molecule has 1 fully saturated rings. The summed E-state index contributed by atoms with van der Waals surface area (Å²) in [5, 5.41) is 17.1. The summed E-state index contributed by atoms with van der Waals surface area (Å²) in [6.07, 6.45) is 6.02. The summed E-state index contributed by atoms with van der Waals surface area (Å²) in [4.78, 5) is 12.5. The van der Waals surface area contributed by atoms with Gasteiger partial charge in [-0.15, -0.1) is 0 Å². The molecular weight excluding hydrogens is 312 g/mol. The highest BCUT2D eigenvalue weighted by atomic mass is 15.1. The zero-order valence-electron chi connectivity index (χ0n) is 14.1. The van der Waals surface area contributed by atoms with Crippen molar-refractivity contribution >= 4 is 16.7 Å². The number of fused-ring (bicyclic) bond motifs is 1. The Balaban J connectivity index is 1.66. The molecule has 0 spiro atoms. The maximum absolute atomic E-state index is 9.24. The largest absolute Gasteiger partial charge is 0.365 e. The minimum Gasteiger partial charge on any atom is -0.365 e. The molecule has 1 aliphatic rings. The van der Waals surface area contributed by atoms with Crippen molar-refractivity contribution in [3.8, 4) is 17.3 Å². The van der Waals surface area contributed by atoms with E-state index >= 15 is 0 Å². The minimum absolute atomic E-state index is 0.402. The summed E-state index contributed by atoms with van der Waals surface area (Å²) in [5.41, 5.74) is 4.14. The molecule has 6 nitrogen and oxygen atoms in total. The van der Waals surface area contributed by atoms with Crippen LogP contribution in [0.5, 0.6) is 0 Å². The number of H-pyrrole nitrogens is 1. The molecule has 4 rings (SSSR count). The maximum atomic E-state index is 9.24. The predicted molar refractivity (Wildman–Crippen MR) is 98.3 cm³/mol. The van der Waals surface area contributed by atoms with Crippen molar-refractivity contribution in [1.29, 1.82) is 5.26 Å². The van der Waals surface area contributed by atoms with Crippen LogP contribution in [-0.4, -0.2) is 34.1 Å². The summed E-state index contributed by atoms with van der Waals surface area (Å²) in [6.45, 7) is 4.03. The van der Waals surface area contributed by atoms with Crippen LogP contribution in [0.1, 0.15) is 24.1 Å². The second kappa shape index (κ2) is 6.54. The van der Waals surface area contributed by atoms with E-state index in [2.05, 4.69) is 26.7 Å². The van der Waals surface area contributed by atoms with E-state index in [0.29, 0.717) is 11.6 Å². The van der Waals surface area contributed by atoms with Gasteiger partial charge in [0.1, 0.15) is 11.9 Å². The summed E-state index contributed by atoms with van der Waals surface area (Å²) in [5.74, 6) is 0.843. The highest BCUT2D eigenvalue weighted by Crippen LogP contribution is 2.29. The molecule has 25 heavy (non-hydrogen) atoms. The fraction of sp³-hybridized carbons (Fsp3) is 0.316. The van der Waals surface area contributed by atoms with Crippen LogP contribution in [-0.2, 0) is 0 Å². The fourth-order valence-corrected chi connectivity index (χ4v) is 3.38. The molecule has 2 aromatic heterocycles. The Bertz CT molecular complexity index is 946. The molecule has 0 bridgehead atoms. The second-order valence-electron chi connectivity index (χ2n) is 6.42. The highest BCUT2D eigenvalue weighted by Gasteiger charge is 2.16. The van der Waals surface area contributed by atoms with Gasteiger partial charge in [0.2, 0.25) is 0 Å². The number of rotatable bonds is 3. The average molecular weight is 332 g/mol. The third-order valence-corrected chi connectivity index (χ3v) is 4.70. The monoisotopic (exact) mass is 332 g/mol. The summed E-state index contributed by atoms with van der Waals surface area (Å²) >= 11 is 0. The van der Waals surface area contributed by atoms with Crippen LogP contribution in [0.15, 0.2) is 30.6 Å². The Morgan fingerprint density at radius 1 is 1.36 bits per heavy atom. The topological polar surface area (TPSA) is 89.4 Å². The number of hydrogen-bond donors (Lipinski definition) is 3. The number of aromatic nitrogens is 3. The third-order valence-electron chi connectivity index (χ3n) is 4.70. The molecule has 3 heterocycles. The lowest BCUT2D eigenvalue weighted by molar-refractivity contribution is 0.478. The van der Waals surface area contributed by atoms with Crippen LogP contribution in [0.3, 0.4) is 0 Å². The number of benzene rings is 1. The molecule has 0 radical (unpaired) electrons. The first-order chi connectivity index (χ1) is 12.3. The number of para-hydroxylation sites is 1. The van der Waals surface area contributed by atoms with Gasteiger partial charge in [0.15, 0.2) is 0 Å². The molecule has 1 unspecified atom stereocenters. The van der Waals surface area contributed by atoms with Crippen molar-refractivity contribution < 1.29 is 0 Å². The maximum Gasteiger partial charge on any atom is 0.147 e. The Labute approximate surface area is 146 Å². The quantitative estimate of drug-likeness (QED) is 0.686. The van der Waals surface area contributed by atoms with Crippen molar-refractivity contribution in [2.24, 2.45) is 0 Å². The van der Waals surface area contributed by atoms with E-state index in [1.807, 2.05) is 31.3 Å². The zero-order valence-corrected chi connectivity index (χ0v) is 14.1. The van der Waals surface area contributed by atoms with Gasteiger partial charge in [0.25, 0.3) is 0 Å². The zero-order chi connectivity index (χ0) is 17.2. The van der Waals surface area contributed by atoms with Crippen LogP contribution < -0.4 is 10.6 Å². The van der Waals surface area contributed by atoms with Gasteiger partial charge in [-0.3, -0.25) is 0 Å². The van der Waals surface area contributed by atoms with Gasteiger partial charge in [-0.1, -0.05) is 12.1 Å². The predicted octanol–water partition coefficient (Wildman–Crippen LogP) is 2.97.